The van der Waals surface area contributed by atoms with E-state index in [2.05, 4.69) is 4.98 Å². The first kappa shape index (κ1) is 19.9. The van der Waals surface area contributed by atoms with Gasteiger partial charge in [0, 0.05) is 37.1 Å². The first-order valence-electron chi connectivity index (χ1n) is 9.08. The molecule has 2 heterocycles. The number of fused-ring (bicyclic) bond motifs is 1. The number of nitrogens with zero attached hydrogens (tertiary/aromatic N) is 3. The number of benzene rings is 2. The first-order chi connectivity index (χ1) is 14.0. The molecule has 0 bridgehead atoms. The largest absolute Gasteiger partial charge is 0.497 e. The van der Waals surface area contributed by atoms with Crippen LogP contribution in [-0.4, -0.2) is 54.8 Å². The van der Waals surface area contributed by atoms with E-state index in [-0.39, 0.29) is 11.4 Å². The van der Waals surface area contributed by atoms with Gasteiger partial charge in [-0.2, -0.15) is 0 Å². The van der Waals surface area contributed by atoms with Crippen molar-refractivity contribution >= 4 is 44.4 Å². The van der Waals surface area contributed by atoms with Crippen molar-refractivity contribution in [2.24, 2.45) is 0 Å². The number of aromatic nitrogens is 1. The lowest BCUT2D eigenvalue weighted by Gasteiger charge is -2.34. The maximum absolute atomic E-state index is 13.9. The minimum atomic E-state index is -0.646. The summed E-state index contributed by atoms with van der Waals surface area (Å²) in [6, 6.07) is 9.77. The molecule has 0 radical (unpaired) electrons. The van der Waals surface area contributed by atoms with Crippen LogP contribution in [0.25, 0.3) is 10.2 Å². The number of carbonyl (C=O) groups is 1. The molecule has 1 aliphatic rings. The molecule has 0 atom stereocenters. The molecule has 2 aromatic carbocycles. The summed E-state index contributed by atoms with van der Waals surface area (Å²) in [5.74, 6) is -0.00296. The van der Waals surface area contributed by atoms with Crippen LogP contribution in [0.1, 0.15) is 0 Å². The Morgan fingerprint density at radius 1 is 1.17 bits per heavy atom. The Labute approximate surface area is 175 Å². The zero-order valence-electron chi connectivity index (χ0n) is 15.7. The van der Waals surface area contributed by atoms with E-state index in [0.717, 1.165) is 16.7 Å². The second kappa shape index (κ2) is 8.54. The van der Waals surface area contributed by atoms with Crippen molar-refractivity contribution in [1.29, 1.82) is 0 Å². The lowest BCUT2D eigenvalue weighted by atomic mass is 10.3. The molecule has 29 heavy (non-hydrogen) atoms. The third-order valence-corrected chi connectivity index (χ3v) is 6.79. The van der Waals surface area contributed by atoms with Crippen LogP contribution < -0.4 is 9.64 Å². The van der Waals surface area contributed by atoms with Gasteiger partial charge in [0.15, 0.2) is 10.9 Å². The molecule has 0 saturated carbocycles. The van der Waals surface area contributed by atoms with Gasteiger partial charge in [-0.3, -0.25) is 4.79 Å². The fourth-order valence-corrected chi connectivity index (χ4v) is 4.99. The molecule has 0 unspecified atom stereocenters. The van der Waals surface area contributed by atoms with Gasteiger partial charge in [0.05, 0.1) is 17.6 Å². The van der Waals surface area contributed by atoms with Gasteiger partial charge in [-0.25, -0.2) is 13.8 Å². The predicted molar refractivity (Wildman–Crippen MR) is 112 cm³/mol. The van der Waals surface area contributed by atoms with Crippen molar-refractivity contribution in [2.45, 2.75) is 4.90 Å². The summed E-state index contributed by atoms with van der Waals surface area (Å²) in [5.41, 5.74) is 0.195. The molecule has 1 saturated heterocycles. The van der Waals surface area contributed by atoms with Crippen LogP contribution >= 0.6 is 23.1 Å². The van der Waals surface area contributed by atoms with Gasteiger partial charge in [-0.15, -0.1) is 11.8 Å². The number of thioether (sulfide) groups is 1. The Balaban J connectivity index is 1.32. The molecular weight excluding hydrogens is 416 g/mol. The Morgan fingerprint density at radius 2 is 1.90 bits per heavy atom. The number of hydrogen-bond donors (Lipinski definition) is 0. The van der Waals surface area contributed by atoms with E-state index < -0.39 is 11.6 Å². The van der Waals surface area contributed by atoms with Gasteiger partial charge in [0.25, 0.3) is 0 Å². The molecule has 0 aliphatic carbocycles. The van der Waals surface area contributed by atoms with Crippen LogP contribution in [0.4, 0.5) is 13.9 Å². The second-order valence-corrected chi connectivity index (χ2v) is 8.62. The Hall–Kier alpha value is -2.39. The van der Waals surface area contributed by atoms with Gasteiger partial charge in [0.2, 0.25) is 5.91 Å². The van der Waals surface area contributed by atoms with E-state index in [1.54, 1.807) is 7.11 Å². The van der Waals surface area contributed by atoms with Gasteiger partial charge in [-0.05, 0) is 30.3 Å². The number of carbonyl (C=O) groups excluding carboxylic acids is 1. The molecule has 5 nitrogen and oxygen atoms in total. The molecule has 4 rings (SSSR count). The summed E-state index contributed by atoms with van der Waals surface area (Å²) in [6.45, 7) is 2.38. The Morgan fingerprint density at radius 3 is 2.59 bits per heavy atom. The van der Waals surface area contributed by atoms with E-state index in [9.17, 15) is 13.6 Å². The summed E-state index contributed by atoms with van der Waals surface area (Å²) < 4.78 is 32.9. The van der Waals surface area contributed by atoms with Crippen LogP contribution in [0.15, 0.2) is 41.3 Å². The van der Waals surface area contributed by atoms with E-state index in [0.29, 0.717) is 41.8 Å². The average Bonchev–Trinajstić information content (AvgIpc) is 3.17. The number of methoxy groups -OCH3 is 1. The second-order valence-electron chi connectivity index (χ2n) is 6.56. The maximum Gasteiger partial charge on any atom is 0.233 e. The Bertz CT molecular complexity index is 1020. The maximum atomic E-state index is 13.9. The third kappa shape index (κ3) is 4.45. The number of rotatable bonds is 5. The fraction of sp³-hybridized carbons (Fsp3) is 0.300. The standard InChI is InChI=1S/C20H19F2N3O2S2/c1-27-14-2-4-15(5-3-14)28-12-18(26)24-6-8-25(9-7-24)20-23-19-16(22)10-13(21)11-17(19)29-20/h2-5,10-11H,6-9,12H2,1H3. The lowest BCUT2D eigenvalue weighted by Crippen LogP contribution is -2.49. The van der Waals surface area contributed by atoms with Crippen LogP contribution in [0, 0.1) is 11.6 Å². The van der Waals surface area contributed by atoms with Gasteiger partial charge >= 0.3 is 0 Å². The van der Waals surface area contributed by atoms with Crippen molar-refractivity contribution in [1.82, 2.24) is 9.88 Å². The van der Waals surface area contributed by atoms with Crippen molar-refractivity contribution in [3.63, 3.8) is 0 Å². The smallest absolute Gasteiger partial charge is 0.233 e. The number of hydrogen-bond acceptors (Lipinski definition) is 6. The van der Waals surface area contributed by atoms with Crippen molar-refractivity contribution < 1.29 is 18.3 Å². The summed E-state index contributed by atoms with van der Waals surface area (Å²) >= 11 is 2.77. The number of anilines is 1. The molecule has 0 spiro atoms. The zero-order valence-corrected chi connectivity index (χ0v) is 17.4. The number of amides is 1. The topological polar surface area (TPSA) is 45.7 Å². The molecule has 9 heteroatoms. The van der Waals surface area contributed by atoms with Crippen molar-refractivity contribution in [3.05, 3.63) is 48.0 Å². The normalized spacial score (nSPS) is 14.4. The summed E-state index contributed by atoms with van der Waals surface area (Å²) in [6.07, 6.45) is 0. The number of thiazole rings is 1. The van der Waals surface area contributed by atoms with E-state index >= 15 is 0 Å². The lowest BCUT2D eigenvalue weighted by molar-refractivity contribution is -0.128. The van der Waals surface area contributed by atoms with Crippen LogP contribution in [0.2, 0.25) is 0 Å². The average molecular weight is 436 g/mol. The third-order valence-electron chi connectivity index (χ3n) is 4.73. The highest BCUT2D eigenvalue weighted by atomic mass is 32.2. The molecule has 1 fully saturated rings. The van der Waals surface area contributed by atoms with Gasteiger partial charge < -0.3 is 14.5 Å². The monoisotopic (exact) mass is 435 g/mol. The first-order valence-corrected chi connectivity index (χ1v) is 10.9. The van der Waals surface area contributed by atoms with Gasteiger partial charge in [0.1, 0.15) is 17.1 Å². The molecule has 152 valence electrons. The highest BCUT2D eigenvalue weighted by molar-refractivity contribution is 8.00. The van der Waals surface area contributed by atoms with Gasteiger partial charge in [-0.1, -0.05) is 11.3 Å². The van der Waals surface area contributed by atoms with E-state index in [1.807, 2.05) is 34.1 Å². The molecule has 1 aliphatic heterocycles. The highest BCUT2D eigenvalue weighted by Gasteiger charge is 2.23. The minimum absolute atomic E-state index is 0.0860. The van der Waals surface area contributed by atoms with Crippen LogP contribution in [-0.2, 0) is 4.79 Å². The van der Waals surface area contributed by atoms with Crippen molar-refractivity contribution in [3.8, 4) is 5.75 Å². The Kier molecular flexibility index (Phi) is 5.86. The highest BCUT2D eigenvalue weighted by Crippen LogP contribution is 2.31. The fourth-order valence-electron chi connectivity index (χ4n) is 3.14. The summed E-state index contributed by atoms with van der Waals surface area (Å²) in [5, 5.41) is 0.657. The zero-order chi connectivity index (χ0) is 20.4. The number of ether oxygens (including phenoxy) is 1. The van der Waals surface area contributed by atoms with Crippen molar-refractivity contribution in [2.75, 3.05) is 43.9 Å². The number of halogens is 2. The van der Waals surface area contributed by atoms with E-state index in [4.69, 9.17) is 4.74 Å². The molecule has 1 amide bonds. The molecule has 1 aromatic heterocycles. The summed E-state index contributed by atoms with van der Waals surface area (Å²) in [7, 11) is 1.62. The molecule has 3 aromatic rings. The predicted octanol–water partition coefficient (Wildman–Crippen LogP) is 4.02. The minimum Gasteiger partial charge on any atom is -0.497 e. The van der Waals surface area contributed by atoms with Crippen LogP contribution in [0.3, 0.4) is 0 Å². The van der Waals surface area contributed by atoms with Crippen LogP contribution in [0.5, 0.6) is 5.75 Å². The molecular formula is C20H19F2N3O2S2. The molecule has 0 N–H and O–H groups in total. The SMILES string of the molecule is COc1ccc(SCC(=O)N2CCN(c3nc4c(F)cc(F)cc4s3)CC2)cc1. The van der Waals surface area contributed by atoms with E-state index in [1.165, 1.54) is 29.2 Å². The quantitative estimate of drug-likeness (QED) is 0.567. The summed E-state index contributed by atoms with van der Waals surface area (Å²) in [4.78, 5) is 21.7. The number of piperazine rings is 1.